The van der Waals surface area contributed by atoms with E-state index in [1.54, 1.807) is 24.4 Å². The summed E-state index contributed by atoms with van der Waals surface area (Å²) in [5, 5.41) is 4.97. The van der Waals surface area contributed by atoms with Crippen LogP contribution in [0.5, 0.6) is 0 Å². The Morgan fingerprint density at radius 1 is 1.27 bits per heavy atom. The molecule has 0 aliphatic heterocycles. The number of benzene rings is 1. The molecule has 114 valence electrons. The molecule has 1 aromatic carbocycles. The highest BCUT2D eigenvalue weighted by molar-refractivity contribution is 7.12. The molecule has 1 aromatic heterocycles. The molecular formula is C16H14ClNO3S. The molecule has 0 unspecified atom stereocenters. The Bertz CT molecular complexity index is 736. The van der Waals surface area contributed by atoms with Crippen LogP contribution in [-0.2, 0) is 9.53 Å². The summed E-state index contributed by atoms with van der Waals surface area (Å²) >= 11 is 7.31. The van der Waals surface area contributed by atoms with Gasteiger partial charge in [-0.25, -0.2) is 4.79 Å². The van der Waals surface area contributed by atoms with Gasteiger partial charge in [-0.3, -0.25) is 4.79 Å². The maximum Gasteiger partial charge on any atom is 0.350 e. The van der Waals surface area contributed by atoms with Crippen LogP contribution < -0.4 is 5.32 Å². The number of halogens is 1. The van der Waals surface area contributed by atoms with Gasteiger partial charge in [-0.15, -0.1) is 11.3 Å². The van der Waals surface area contributed by atoms with Crippen LogP contribution in [0.3, 0.4) is 0 Å². The normalized spacial score (nSPS) is 11.1. The number of carbonyl (C=O) groups excluding carboxylic acids is 2. The van der Waals surface area contributed by atoms with Gasteiger partial charge >= 0.3 is 5.97 Å². The smallest absolute Gasteiger partial charge is 0.350 e. The number of anilines is 1. The molecule has 0 saturated carbocycles. The van der Waals surface area contributed by atoms with Gasteiger partial charge in [0.1, 0.15) is 4.88 Å². The monoisotopic (exact) mass is 335 g/mol. The Labute approximate surface area is 137 Å². The van der Waals surface area contributed by atoms with E-state index in [4.69, 9.17) is 11.6 Å². The lowest BCUT2D eigenvalue weighted by molar-refractivity contribution is -0.111. The summed E-state index contributed by atoms with van der Waals surface area (Å²) in [6, 6.07) is 8.94. The first-order valence-electron chi connectivity index (χ1n) is 6.43. The third kappa shape index (κ3) is 3.75. The van der Waals surface area contributed by atoms with Crippen molar-refractivity contribution < 1.29 is 14.3 Å². The summed E-state index contributed by atoms with van der Waals surface area (Å²) in [5.74, 6) is -0.807. The highest BCUT2D eigenvalue weighted by atomic mass is 35.5. The largest absolute Gasteiger partial charge is 0.465 e. The molecule has 0 radical (unpaired) electrons. The molecule has 2 aromatic rings. The van der Waals surface area contributed by atoms with Crippen molar-refractivity contribution in [1.82, 2.24) is 0 Å². The molecule has 1 heterocycles. The number of carbonyl (C=O) groups is 2. The fourth-order valence-corrected chi connectivity index (χ4v) is 2.93. The maximum atomic E-state index is 12.1. The molecule has 1 amide bonds. The van der Waals surface area contributed by atoms with Crippen molar-refractivity contribution in [2.45, 2.75) is 6.92 Å². The van der Waals surface area contributed by atoms with Crippen LogP contribution in [0.4, 0.5) is 5.69 Å². The summed E-state index contributed by atoms with van der Waals surface area (Å²) in [6.45, 7) is 1.80. The summed E-state index contributed by atoms with van der Waals surface area (Å²) in [7, 11) is 1.30. The van der Waals surface area contributed by atoms with Crippen LogP contribution in [0.15, 0.2) is 41.8 Å². The Kier molecular flexibility index (Phi) is 5.35. The van der Waals surface area contributed by atoms with E-state index in [2.05, 4.69) is 10.1 Å². The first-order chi connectivity index (χ1) is 10.5. The van der Waals surface area contributed by atoms with E-state index in [0.717, 1.165) is 11.1 Å². The molecule has 0 bridgehead atoms. The first kappa shape index (κ1) is 16.3. The van der Waals surface area contributed by atoms with Gasteiger partial charge in [0, 0.05) is 11.1 Å². The van der Waals surface area contributed by atoms with Crippen LogP contribution >= 0.6 is 22.9 Å². The molecule has 4 nitrogen and oxygen atoms in total. The standard InChI is InChI=1S/C16H14ClNO3S/c1-10(11-5-3-4-6-12(11)17)9-14(19)18-13-7-8-22-15(13)16(20)21-2/h3-9H,1-2H3,(H,18,19)/b10-9-. The number of methoxy groups -OCH3 is 1. The molecule has 2 rings (SSSR count). The van der Waals surface area contributed by atoms with E-state index in [1.165, 1.54) is 24.5 Å². The lowest BCUT2D eigenvalue weighted by Crippen LogP contribution is -2.11. The second-order valence-corrected chi connectivity index (χ2v) is 5.77. The molecule has 0 aliphatic carbocycles. The minimum absolute atomic E-state index is 0.332. The fourth-order valence-electron chi connectivity index (χ4n) is 1.88. The van der Waals surface area contributed by atoms with Gasteiger partial charge in [-0.05, 0) is 35.6 Å². The number of thiophene rings is 1. The van der Waals surface area contributed by atoms with E-state index < -0.39 is 5.97 Å². The number of allylic oxidation sites excluding steroid dienone is 1. The SMILES string of the molecule is COC(=O)c1sccc1NC(=O)/C=C(/C)c1ccccc1Cl. The maximum absolute atomic E-state index is 12.1. The second kappa shape index (κ2) is 7.24. The van der Waals surface area contributed by atoms with Crippen molar-refractivity contribution in [3.8, 4) is 0 Å². The van der Waals surface area contributed by atoms with Crippen molar-refractivity contribution in [2.75, 3.05) is 12.4 Å². The summed E-state index contributed by atoms with van der Waals surface area (Å²) in [4.78, 5) is 24.0. The summed E-state index contributed by atoms with van der Waals surface area (Å²) in [5.41, 5.74) is 1.96. The van der Waals surface area contributed by atoms with Gasteiger partial charge in [0.15, 0.2) is 0 Å². The Balaban J connectivity index is 2.17. The number of hydrogen-bond donors (Lipinski definition) is 1. The quantitative estimate of drug-likeness (QED) is 0.672. The highest BCUT2D eigenvalue weighted by Crippen LogP contribution is 2.25. The minimum Gasteiger partial charge on any atom is -0.465 e. The first-order valence-corrected chi connectivity index (χ1v) is 7.68. The van der Waals surface area contributed by atoms with Crippen LogP contribution in [-0.4, -0.2) is 19.0 Å². The molecule has 1 N–H and O–H groups in total. The third-order valence-corrected chi connectivity index (χ3v) is 4.16. The predicted octanol–water partition coefficient (Wildman–Crippen LogP) is 4.23. The molecule has 0 saturated heterocycles. The van der Waals surface area contributed by atoms with Crippen molar-refractivity contribution in [3.05, 3.63) is 57.3 Å². The molecule has 6 heteroatoms. The van der Waals surface area contributed by atoms with Gasteiger partial charge in [0.2, 0.25) is 5.91 Å². The lowest BCUT2D eigenvalue weighted by atomic mass is 10.1. The topological polar surface area (TPSA) is 55.4 Å². The second-order valence-electron chi connectivity index (χ2n) is 4.45. The van der Waals surface area contributed by atoms with E-state index in [-0.39, 0.29) is 5.91 Å². The zero-order valence-corrected chi connectivity index (χ0v) is 13.6. The lowest BCUT2D eigenvalue weighted by Gasteiger charge is -2.06. The number of amides is 1. The van der Waals surface area contributed by atoms with Gasteiger partial charge in [0.05, 0.1) is 12.8 Å². The zero-order chi connectivity index (χ0) is 16.1. The van der Waals surface area contributed by atoms with E-state index in [1.807, 2.05) is 18.2 Å². The number of ether oxygens (including phenoxy) is 1. The van der Waals surface area contributed by atoms with E-state index in [9.17, 15) is 9.59 Å². The molecule has 0 aliphatic rings. The Morgan fingerprint density at radius 2 is 2.00 bits per heavy atom. The zero-order valence-electron chi connectivity index (χ0n) is 12.1. The van der Waals surface area contributed by atoms with Crippen LogP contribution in [0.25, 0.3) is 5.57 Å². The summed E-state index contributed by atoms with van der Waals surface area (Å²) in [6.07, 6.45) is 1.44. The summed E-state index contributed by atoms with van der Waals surface area (Å²) < 4.78 is 4.67. The van der Waals surface area contributed by atoms with Crippen LogP contribution in [0, 0.1) is 0 Å². The molecule has 0 spiro atoms. The molecule has 0 atom stereocenters. The van der Waals surface area contributed by atoms with E-state index >= 15 is 0 Å². The molecular weight excluding hydrogens is 322 g/mol. The minimum atomic E-state index is -0.475. The predicted molar refractivity (Wildman–Crippen MR) is 89.4 cm³/mol. The number of hydrogen-bond acceptors (Lipinski definition) is 4. The number of esters is 1. The average molecular weight is 336 g/mol. The molecule has 22 heavy (non-hydrogen) atoms. The van der Waals surface area contributed by atoms with Crippen molar-refractivity contribution in [2.24, 2.45) is 0 Å². The van der Waals surface area contributed by atoms with E-state index in [0.29, 0.717) is 15.6 Å². The fraction of sp³-hybridized carbons (Fsp3) is 0.125. The van der Waals surface area contributed by atoms with Crippen molar-refractivity contribution >= 4 is 46.1 Å². The van der Waals surface area contributed by atoms with Crippen molar-refractivity contribution in [1.29, 1.82) is 0 Å². The molecule has 0 fully saturated rings. The van der Waals surface area contributed by atoms with Crippen LogP contribution in [0.1, 0.15) is 22.2 Å². The van der Waals surface area contributed by atoms with Crippen LogP contribution in [0.2, 0.25) is 5.02 Å². The Morgan fingerprint density at radius 3 is 2.68 bits per heavy atom. The Hall–Kier alpha value is -2.11. The number of rotatable bonds is 4. The van der Waals surface area contributed by atoms with Crippen molar-refractivity contribution in [3.63, 3.8) is 0 Å². The highest BCUT2D eigenvalue weighted by Gasteiger charge is 2.15. The average Bonchev–Trinajstić information content (AvgIpc) is 2.94. The van der Waals surface area contributed by atoms with Gasteiger partial charge in [0.25, 0.3) is 0 Å². The van der Waals surface area contributed by atoms with Gasteiger partial charge in [-0.2, -0.15) is 0 Å². The number of nitrogens with one attached hydrogen (secondary N) is 1. The van der Waals surface area contributed by atoms with Gasteiger partial charge in [-0.1, -0.05) is 29.8 Å². The van der Waals surface area contributed by atoms with Gasteiger partial charge < -0.3 is 10.1 Å². The third-order valence-electron chi connectivity index (χ3n) is 2.94.